The lowest BCUT2D eigenvalue weighted by Gasteiger charge is -2.34. The summed E-state index contributed by atoms with van der Waals surface area (Å²) < 4.78 is 18.4. The van der Waals surface area contributed by atoms with Gasteiger partial charge in [0.2, 0.25) is 0 Å². The zero-order valence-electron chi connectivity index (χ0n) is 11.5. The molecule has 1 fully saturated rings. The normalized spacial score (nSPS) is 18.7. The summed E-state index contributed by atoms with van der Waals surface area (Å²) in [5, 5.41) is 3.51. The van der Waals surface area contributed by atoms with Crippen LogP contribution in [0.2, 0.25) is 0 Å². The van der Waals surface area contributed by atoms with E-state index in [1.54, 1.807) is 12.1 Å². The Morgan fingerprint density at radius 2 is 1.95 bits per heavy atom. The molecule has 0 aromatic heterocycles. The summed E-state index contributed by atoms with van der Waals surface area (Å²) in [6.07, 6.45) is 7.09. The van der Waals surface area contributed by atoms with E-state index < -0.39 is 0 Å². The smallest absolute Gasteiger partial charge is 0.165 e. The first-order chi connectivity index (χ1) is 9.19. The van der Waals surface area contributed by atoms with Gasteiger partial charge in [-0.15, -0.1) is 0 Å². The van der Waals surface area contributed by atoms with Crippen molar-refractivity contribution in [2.45, 2.75) is 44.1 Å². The maximum Gasteiger partial charge on any atom is 0.165 e. The van der Waals surface area contributed by atoms with E-state index in [0.717, 1.165) is 18.5 Å². The first kappa shape index (κ1) is 14.1. The zero-order chi connectivity index (χ0) is 13.7. The molecule has 1 aliphatic carbocycles. The maximum atomic E-state index is 13.4. The molecule has 1 aromatic carbocycles. The Morgan fingerprint density at radius 3 is 2.53 bits per heavy atom. The molecule has 0 aliphatic heterocycles. The molecule has 0 radical (unpaired) electrons. The van der Waals surface area contributed by atoms with Gasteiger partial charge in [-0.25, -0.2) is 4.39 Å². The summed E-state index contributed by atoms with van der Waals surface area (Å²) in [5.41, 5.74) is 6.81. The highest BCUT2D eigenvalue weighted by molar-refractivity contribution is 5.50. The van der Waals surface area contributed by atoms with Crippen LogP contribution in [0.4, 0.5) is 10.1 Å². The van der Waals surface area contributed by atoms with E-state index in [1.165, 1.54) is 38.9 Å². The van der Waals surface area contributed by atoms with Gasteiger partial charge < -0.3 is 15.8 Å². The van der Waals surface area contributed by atoms with E-state index in [2.05, 4.69) is 5.32 Å². The summed E-state index contributed by atoms with van der Waals surface area (Å²) in [6, 6.07) is 4.89. The monoisotopic (exact) mass is 266 g/mol. The number of benzene rings is 1. The van der Waals surface area contributed by atoms with Crippen molar-refractivity contribution in [3.8, 4) is 5.75 Å². The topological polar surface area (TPSA) is 47.3 Å². The molecule has 0 spiro atoms. The number of anilines is 1. The lowest BCUT2D eigenvalue weighted by Crippen LogP contribution is -2.45. The number of hydrogen-bond acceptors (Lipinski definition) is 3. The maximum absolute atomic E-state index is 13.4. The van der Waals surface area contributed by atoms with Crippen molar-refractivity contribution in [3.05, 3.63) is 24.0 Å². The van der Waals surface area contributed by atoms with Crippen LogP contribution in [-0.2, 0) is 0 Å². The molecule has 3 N–H and O–H groups in total. The molecular formula is C15H23FN2O. The van der Waals surface area contributed by atoms with E-state index >= 15 is 0 Å². The van der Waals surface area contributed by atoms with Gasteiger partial charge in [0.05, 0.1) is 7.11 Å². The molecule has 0 saturated heterocycles. The van der Waals surface area contributed by atoms with E-state index in [-0.39, 0.29) is 17.1 Å². The van der Waals surface area contributed by atoms with Crippen LogP contribution in [-0.4, -0.2) is 19.2 Å². The second-order valence-corrected chi connectivity index (χ2v) is 5.37. The molecule has 2 rings (SSSR count). The molecular weight excluding hydrogens is 243 g/mol. The third-order valence-corrected chi connectivity index (χ3v) is 4.01. The summed E-state index contributed by atoms with van der Waals surface area (Å²) in [7, 11) is 1.48. The van der Waals surface area contributed by atoms with Crippen molar-refractivity contribution in [2.24, 2.45) is 5.73 Å². The number of nitrogens with one attached hydrogen (secondary N) is 1. The molecule has 1 aromatic rings. The number of rotatable bonds is 4. The molecule has 4 heteroatoms. The van der Waals surface area contributed by atoms with Crippen molar-refractivity contribution in [3.63, 3.8) is 0 Å². The predicted octanol–water partition coefficient (Wildman–Crippen LogP) is 3.30. The predicted molar refractivity (Wildman–Crippen MR) is 76.1 cm³/mol. The van der Waals surface area contributed by atoms with Gasteiger partial charge >= 0.3 is 0 Å². The lowest BCUT2D eigenvalue weighted by atomic mass is 9.90. The number of ether oxygens (including phenoxy) is 1. The van der Waals surface area contributed by atoms with E-state index in [0.29, 0.717) is 6.54 Å². The minimum absolute atomic E-state index is 0.0562. The van der Waals surface area contributed by atoms with Gasteiger partial charge in [0.15, 0.2) is 11.6 Å². The quantitative estimate of drug-likeness (QED) is 0.822. The van der Waals surface area contributed by atoms with Gasteiger partial charge in [0.25, 0.3) is 0 Å². The first-order valence-corrected chi connectivity index (χ1v) is 7.01. The summed E-state index contributed by atoms with van der Waals surface area (Å²) in [5.74, 6) is -0.0680. The number of hydrogen-bond donors (Lipinski definition) is 2. The number of methoxy groups -OCH3 is 1. The third-order valence-electron chi connectivity index (χ3n) is 4.01. The molecule has 1 saturated carbocycles. The Morgan fingerprint density at radius 1 is 1.26 bits per heavy atom. The van der Waals surface area contributed by atoms with Crippen LogP contribution in [0.3, 0.4) is 0 Å². The van der Waals surface area contributed by atoms with Crippen molar-refractivity contribution in [1.29, 1.82) is 0 Å². The van der Waals surface area contributed by atoms with Crippen molar-refractivity contribution >= 4 is 5.69 Å². The zero-order valence-corrected chi connectivity index (χ0v) is 11.5. The second-order valence-electron chi connectivity index (χ2n) is 5.37. The van der Waals surface area contributed by atoms with Gasteiger partial charge in [-0.1, -0.05) is 25.7 Å². The fourth-order valence-electron chi connectivity index (χ4n) is 2.83. The third kappa shape index (κ3) is 3.38. The Labute approximate surface area is 114 Å². The molecule has 1 aliphatic rings. The average Bonchev–Trinajstić information content (AvgIpc) is 2.67. The lowest BCUT2D eigenvalue weighted by molar-refractivity contribution is 0.385. The molecule has 0 amide bonds. The molecule has 0 heterocycles. The standard InChI is InChI=1S/C15H23FN2O/c1-19-14-10-12(6-7-13(14)16)18-15(11-17)8-4-2-3-5-9-15/h6-7,10,18H,2-5,8-9,11,17H2,1H3. The molecule has 106 valence electrons. The van der Waals surface area contributed by atoms with E-state index in [4.69, 9.17) is 10.5 Å². The fourth-order valence-corrected chi connectivity index (χ4v) is 2.83. The summed E-state index contributed by atoms with van der Waals surface area (Å²) >= 11 is 0. The molecule has 3 nitrogen and oxygen atoms in total. The minimum atomic E-state index is -0.337. The van der Waals surface area contributed by atoms with Crippen molar-refractivity contribution < 1.29 is 9.13 Å². The van der Waals surface area contributed by atoms with Gasteiger partial charge in [0, 0.05) is 23.8 Å². The van der Waals surface area contributed by atoms with Gasteiger partial charge in [-0.2, -0.15) is 0 Å². The highest BCUT2D eigenvalue weighted by Gasteiger charge is 2.29. The molecule has 0 unspecified atom stereocenters. The Kier molecular flexibility index (Phi) is 4.64. The first-order valence-electron chi connectivity index (χ1n) is 7.01. The Balaban J connectivity index is 2.17. The van der Waals surface area contributed by atoms with Gasteiger partial charge in [-0.3, -0.25) is 0 Å². The second kappa shape index (κ2) is 6.24. The van der Waals surface area contributed by atoms with Crippen molar-refractivity contribution in [1.82, 2.24) is 0 Å². The van der Waals surface area contributed by atoms with Gasteiger partial charge in [-0.05, 0) is 25.0 Å². The number of nitrogens with two attached hydrogens (primary N) is 1. The van der Waals surface area contributed by atoms with Crippen molar-refractivity contribution in [2.75, 3.05) is 19.0 Å². The van der Waals surface area contributed by atoms with Crippen LogP contribution >= 0.6 is 0 Å². The van der Waals surface area contributed by atoms with Crippen LogP contribution in [0.1, 0.15) is 38.5 Å². The van der Waals surface area contributed by atoms with Crippen LogP contribution < -0.4 is 15.8 Å². The molecule has 19 heavy (non-hydrogen) atoms. The highest BCUT2D eigenvalue weighted by atomic mass is 19.1. The van der Waals surface area contributed by atoms with Crippen LogP contribution in [0.25, 0.3) is 0 Å². The SMILES string of the molecule is COc1cc(NC2(CN)CCCCCC2)ccc1F. The highest BCUT2D eigenvalue weighted by Crippen LogP contribution is 2.31. The Hall–Kier alpha value is -1.29. The van der Waals surface area contributed by atoms with Crippen LogP contribution in [0, 0.1) is 5.82 Å². The molecule has 0 atom stereocenters. The van der Waals surface area contributed by atoms with Crippen LogP contribution in [0.15, 0.2) is 18.2 Å². The summed E-state index contributed by atoms with van der Waals surface area (Å²) in [6.45, 7) is 0.604. The fraction of sp³-hybridized carbons (Fsp3) is 0.600. The van der Waals surface area contributed by atoms with E-state index in [9.17, 15) is 4.39 Å². The minimum Gasteiger partial charge on any atom is -0.494 e. The van der Waals surface area contributed by atoms with Crippen LogP contribution in [0.5, 0.6) is 5.75 Å². The largest absolute Gasteiger partial charge is 0.494 e. The van der Waals surface area contributed by atoms with Gasteiger partial charge in [0.1, 0.15) is 0 Å². The average molecular weight is 266 g/mol. The number of halogens is 1. The molecule has 0 bridgehead atoms. The van der Waals surface area contributed by atoms with E-state index in [1.807, 2.05) is 0 Å². The summed E-state index contributed by atoms with van der Waals surface area (Å²) in [4.78, 5) is 0. The Bertz CT molecular complexity index is 415.